The van der Waals surface area contributed by atoms with Crippen molar-refractivity contribution in [1.82, 2.24) is 5.06 Å². The molecule has 1 aromatic rings. The van der Waals surface area contributed by atoms with E-state index in [-0.39, 0.29) is 12.0 Å². The fourth-order valence-electron chi connectivity index (χ4n) is 1.55. The molecule has 0 radical (unpaired) electrons. The molecule has 1 saturated heterocycles. The first-order valence-corrected chi connectivity index (χ1v) is 4.77. The summed E-state index contributed by atoms with van der Waals surface area (Å²) in [6.45, 7) is 2.67. The third-order valence-electron chi connectivity index (χ3n) is 2.35. The van der Waals surface area contributed by atoms with Crippen molar-refractivity contribution in [1.29, 1.82) is 0 Å². The lowest BCUT2D eigenvalue weighted by atomic mass is 10.2. The molecule has 1 heterocycles. The van der Waals surface area contributed by atoms with Crippen molar-refractivity contribution in [3.8, 4) is 0 Å². The summed E-state index contributed by atoms with van der Waals surface area (Å²) in [6.07, 6.45) is 0.493. The van der Waals surface area contributed by atoms with Gasteiger partial charge in [0.25, 0.3) is 0 Å². The zero-order chi connectivity index (χ0) is 9.97. The molecular weight excluding hydrogens is 178 g/mol. The molecule has 1 aliphatic heterocycles. The van der Waals surface area contributed by atoms with E-state index in [1.165, 1.54) is 0 Å². The van der Waals surface area contributed by atoms with Crippen LogP contribution in [0.25, 0.3) is 0 Å². The number of carbonyl (C=O) groups is 1. The largest absolute Gasteiger partial charge is 0.367 e. The Labute approximate surface area is 83.2 Å². The predicted molar refractivity (Wildman–Crippen MR) is 52.2 cm³/mol. The van der Waals surface area contributed by atoms with Gasteiger partial charge in [-0.05, 0) is 12.5 Å². The molecule has 1 aromatic carbocycles. The van der Waals surface area contributed by atoms with Crippen LogP contribution in [0.15, 0.2) is 30.3 Å². The van der Waals surface area contributed by atoms with Crippen molar-refractivity contribution in [3.05, 3.63) is 35.9 Å². The number of hydrogen-bond acceptors (Lipinski definition) is 3. The molecule has 0 aromatic heterocycles. The second kappa shape index (κ2) is 3.80. The van der Waals surface area contributed by atoms with E-state index in [1.807, 2.05) is 37.3 Å². The molecule has 2 rings (SSSR count). The van der Waals surface area contributed by atoms with Crippen LogP contribution in [0, 0.1) is 0 Å². The minimum atomic E-state index is -0.131. The number of nitrogens with zero attached hydrogens (tertiary/aromatic N) is 1. The van der Waals surface area contributed by atoms with Gasteiger partial charge in [-0.2, -0.15) is 0 Å². The molecule has 0 aliphatic carbocycles. The van der Waals surface area contributed by atoms with Gasteiger partial charge in [-0.3, -0.25) is 4.79 Å². The average Bonchev–Trinajstić information content (AvgIpc) is 2.47. The summed E-state index contributed by atoms with van der Waals surface area (Å²) in [5, 5.41) is 1.73. The molecule has 1 atom stereocenters. The van der Waals surface area contributed by atoms with Crippen molar-refractivity contribution in [2.75, 3.05) is 0 Å². The highest BCUT2D eigenvalue weighted by atomic mass is 16.7. The van der Waals surface area contributed by atoms with Crippen LogP contribution in [0.3, 0.4) is 0 Å². The molecule has 0 unspecified atom stereocenters. The zero-order valence-electron chi connectivity index (χ0n) is 8.14. The predicted octanol–water partition coefficient (Wildman–Crippen LogP) is 1.74. The van der Waals surface area contributed by atoms with E-state index in [0.29, 0.717) is 13.0 Å². The second-order valence-electron chi connectivity index (χ2n) is 3.58. The molecule has 0 spiro atoms. The van der Waals surface area contributed by atoms with Crippen LogP contribution in [-0.4, -0.2) is 17.1 Å². The Hall–Kier alpha value is -1.35. The Balaban J connectivity index is 2.02. The maximum absolute atomic E-state index is 11.0. The number of benzene rings is 1. The van der Waals surface area contributed by atoms with Gasteiger partial charge in [-0.25, -0.2) is 0 Å². The zero-order valence-corrected chi connectivity index (χ0v) is 8.14. The lowest BCUT2D eigenvalue weighted by Crippen LogP contribution is -2.24. The Morgan fingerprint density at radius 3 is 2.71 bits per heavy atom. The van der Waals surface area contributed by atoms with Crippen molar-refractivity contribution < 1.29 is 9.63 Å². The van der Waals surface area contributed by atoms with E-state index in [4.69, 9.17) is 4.84 Å². The first-order valence-electron chi connectivity index (χ1n) is 4.77. The summed E-state index contributed by atoms with van der Waals surface area (Å²) >= 11 is 0. The van der Waals surface area contributed by atoms with Crippen molar-refractivity contribution in [3.63, 3.8) is 0 Å². The summed E-state index contributed by atoms with van der Waals surface area (Å²) in [4.78, 5) is 16.1. The first kappa shape index (κ1) is 9.21. The Morgan fingerprint density at radius 2 is 2.14 bits per heavy atom. The van der Waals surface area contributed by atoms with Crippen LogP contribution in [0.4, 0.5) is 0 Å². The van der Waals surface area contributed by atoms with Gasteiger partial charge in [0.2, 0.25) is 0 Å². The van der Waals surface area contributed by atoms with Gasteiger partial charge < -0.3 is 4.84 Å². The van der Waals surface area contributed by atoms with Crippen LogP contribution in [0.5, 0.6) is 0 Å². The van der Waals surface area contributed by atoms with E-state index >= 15 is 0 Å². The molecule has 1 fully saturated rings. The Bertz CT molecular complexity index is 323. The molecule has 14 heavy (non-hydrogen) atoms. The number of rotatable bonds is 2. The van der Waals surface area contributed by atoms with E-state index in [1.54, 1.807) is 5.06 Å². The Kier molecular flexibility index (Phi) is 2.50. The third kappa shape index (κ3) is 1.93. The van der Waals surface area contributed by atoms with E-state index in [2.05, 4.69) is 0 Å². The number of carbonyl (C=O) groups excluding carboxylic acids is 1. The molecule has 0 bridgehead atoms. The standard InChI is InChI=1S/C11H13NO2/c1-9-7-11(13)14-12(9)8-10-5-3-2-4-6-10/h2-6,9H,7-8H2,1H3/t9-/m1/s1. The minimum Gasteiger partial charge on any atom is -0.367 e. The fourth-order valence-corrected chi connectivity index (χ4v) is 1.55. The van der Waals surface area contributed by atoms with E-state index in [0.717, 1.165) is 5.56 Å². The quantitative estimate of drug-likeness (QED) is 0.713. The van der Waals surface area contributed by atoms with Crippen molar-refractivity contribution in [2.45, 2.75) is 25.9 Å². The lowest BCUT2D eigenvalue weighted by Gasteiger charge is -2.17. The molecule has 3 nitrogen and oxygen atoms in total. The van der Waals surface area contributed by atoms with Crippen molar-refractivity contribution >= 4 is 5.97 Å². The minimum absolute atomic E-state index is 0.131. The SMILES string of the molecule is C[C@@H]1CC(=O)ON1Cc1ccccc1. The summed E-state index contributed by atoms with van der Waals surface area (Å²) in [6, 6.07) is 10.2. The second-order valence-corrected chi connectivity index (χ2v) is 3.58. The van der Waals surface area contributed by atoms with Gasteiger partial charge in [0, 0.05) is 0 Å². The Morgan fingerprint density at radius 1 is 1.43 bits per heavy atom. The van der Waals surface area contributed by atoms with Crippen LogP contribution in [0.2, 0.25) is 0 Å². The summed E-state index contributed by atoms with van der Waals surface area (Å²) < 4.78 is 0. The number of hydroxylamine groups is 2. The smallest absolute Gasteiger partial charge is 0.326 e. The van der Waals surface area contributed by atoms with Gasteiger partial charge in [-0.1, -0.05) is 30.3 Å². The van der Waals surface area contributed by atoms with E-state index in [9.17, 15) is 4.79 Å². The molecule has 0 N–H and O–H groups in total. The summed E-state index contributed by atoms with van der Waals surface area (Å²) in [7, 11) is 0. The summed E-state index contributed by atoms with van der Waals surface area (Å²) in [5.41, 5.74) is 1.16. The van der Waals surface area contributed by atoms with Crippen LogP contribution in [0.1, 0.15) is 18.9 Å². The van der Waals surface area contributed by atoms with Gasteiger partial charge >= 0.3 is 5.97 Å². The maximum Gasteiger partial charge on any atom is 0.326 e. The molecule has 1 aliphatic rings. The first-order chi connectivity index (χ1) is 6.75. The fraction of sp³-hybridized carbons (Fsp3) is 0.364. The molecule has 0 amide bonds. The monoisotopic (exact) mass is 191 g/mol. The van der Waals surface area contributed by atoms with Gasteiger partial charge in [0.05, 0.1) is 19.0 Å². The van der Waals surface area contributed by atoms with Gasteiger partial charge in [-0.15, -0.1) is 5.06 Å². The highest BCUT2D eigenvalue weighted by Crippen LogP contribution is 2.18. The molecule has 0 saturated carbocycles. The summed E-state index contributed by atoms with van der Waals surface area (Å²) in [5.74, 6) is -0.131. The van der Waals surface area contributed by atoms with Gasteiger partial charge in [0.15, 0.2) is 0 Å². The molecule has 3 heteroatoms. The molecule has 74 valence electrons. The third-order valence-corrected chi connectivity index (χ3v) is 2.35. The van der Waals surface area contributed by atoms with Crippen molar-refractivity contribution in [2.24, 2.45) is 0 Å². The van der Waals surface area contributed by atoms with Crippen LogP contribution >= 0.6 is 0 Å². The highest BCUT2D eigenvalue weighted by Gasteiger charge is 2.28. The van der Waals surface area contributed by atoms with E-state index < -0.39 is 0 Å². The highest BCUT2D eigenvalue weighted by molar-refractivity contribution is 5.71. The lowest BCUT2D eigenvalue weighted by molar-refractivity contribution is -0.177. The van der Waals surface area contributed by atoms with Crippen LogP contribution < -0.4 is 0 Å². The maximum atomic E-state index is 11.0. The topological polar surface area (TPSA) is 29.5 Å². The normalized spacial score (nSPS) is 22.4. The van der Waals surface area contributed by atoms with Gasteiger partial charge in [0.1, 0.15) is 0 Å². The van der Waals surface area contributed by atoms with Crippen LogP contribution in [-0.2, 0) is 16.2 Å². The average molecular weight is 191 g/mol. The molecular formula is C11H13NO2. The number of hydrogen-bond donors (Lipinski definition) is 0.